The Hall–Kier alpha value is -1.53. The largest absolute Gasteiger partial charge is 0.336 e. The molecular weight excluding hydrogens is 264 g/mol. The molecule has 20 heavy (non-hydrogen) atoms. The molecule has 0 saturated carbocycles. The summed E-state index contributed by atoms with van der Waals surface area (Å²) in [4.78, 5) is 15.9. The topological polar surface area (TPSA) is 49.6 Å². The number of halogens is 2. The van der Waals surface area contributed by atoms with Gasteiger partial charge in [0.05, 0.1) is 5.56 Å². The molecule has 1 saturated heterocycles. The molecule has 1 aromatic rings. The summed E-state index contributed by atoms with van der Waals surface area (Å²) >= 11 is 0. The van der Waals surface area contributed by atoms with E-state index in [2.05, 4.69) is 4.90 Å². The maximum Gasteiger partial charge on any atom is 0.257 e. The first-order valence-corrected chi connectivity index (χ1v) is 6.72. The predicted octanol–water partition coefficient (Wildman–Crippen LogP) is 1.07. The first-order chi connectivity index (χ1) is 9.54. The summed E-state index contributed by atoms with van der Waals surface area (Å²) in [5, 5.41) is 0. The maximum absolute atomic E-state index is 13.6. The Labute approximate surface area is 117 Å². The van der Waals surface area contributed by atoms with E-state index in [1.807, 2.05) is 6.92 Å². The number of carbonyl (C=O) groups is 1. The van der Waals surface area contributed by atoms with E-state index in [0.29, 0.717) is 32.7 Å². The van der Waals surface area contributed by atoms with E-state index < -0.39 is 17.5 Å². The number of hydrogen-bond acceptors (Lipinski definition) is 3. The van der Waals surface area contributed by atoms with Crippen LogP contribution in [0.4, 0.5) is 8.78 Å². The van der Waals surface area contributed by atoms with Gasteiger partial charge in [-0.3, -0.25) is 9.69 Å². The summed E-state index contributed by atoms with van der Waals surface area (Å²) in [5.41, 5.74) is 5.41. The Morgan fingerprint density at radius 3 is 2.55 bits per heavy atom. The van der Waals surface area contributed by atoms with Gasteiger partial charge in [0.1, 0.15) is 0 Å². The first kappa shape index (κ1) is 14.9. The highest BCUT2D eigenvalue weighted by molar-refractivity contribution is 5.94. The van der Waals surface area contributed by atoms with E-state index in [-0.39, 0.29) is 11.6 Å². The quantitative estimate of drug-likeness (QED) is 0.903. The van der Waals surface area contributed by atoms with E-state index in [0.717, 1.165) is 6.07 Å². The number of nitrogens with zero attached hydrogens (tertiary/aromatic N) is 2. The molecule has 1 aliphatic rings. The van der Waals surface area contributed by atoms with Crippen molar-refractivity contribution in [1.29, 1.82) is 0 Å². The molecule has 0 aromatic heterocycles. The lowest BCUT2D eigenvalue weighted by molar-refractivity contribution is 0.0583. The van der Waals surface area contributed by atoms with Gasteiger partial charge in [-0.2, -0.15) is 0 Å². The van der Waals surface area contributed by atoms with Crippen LogP contribution in [0.2, 0.25) is 0 Å². The minimum atomic E-state index is -1.07. The smallest absolute Gasteiger partial charge is 0.257 e. The Morgan fingerprint density at radius 2 is 1.95 bits per heavy atom. The van der Waals surface area contributed by atoms with E-state index in [9.17, 15) is 13.6 Å². The molecule has 4 nitrogen and oxygen atoms in total. The highest BCUT2D eigenvalue weighted by atomic mass is 19.2. The molecule has 110 valence electrons. The second-order valence-electron chi connectivity index (χ2n) is 5.01. The van der Waals surface area contributed by atoms with E-state index in [4.69, 9.17) is 5.73 Å². The number of rotatable bonds is 3. The minimum absolute atomic E-state index is 0.203. The van der Waals surface area contributed by atoms with Gasteiger partial charge in [-0.05, 0) is 19.1 Å². The predicted molar refractivity (Wildman–Crippen MR) is 72.4 cm³/mol. The average molecular weight is 283 g/mol. The number of nitrogens with two attached hydrogens (primary N) is 1. The van der Waals surface area contributed by atoms with Gasteiger partial charge in [-0.1, -0.05) is 6.07 Å². The third kappa shape index (κ3) is 2.96. The van der Waals surface area contributed by atoms with Crippen molar-refractivity contribution in [3.05, 3.63) is 35.4 Å². The van der Waals surface area contributed by atoms with Crippen molar-refractivity contribution >= 4 is 5.91 Å². The second-order valence-corrected chi connectivity index (χ2v) is 5.01. The van der Waals surface area contributed by atoms with E-state index in [1.54, 1.807) is 4.90 Å². The van der Waals surface area contributed by atoms with Crippen molar-refractivity contribution in [3.8, 4) is 0 Å². The van der Waals surface area contributed by atoms with Gasteiger partial charge >= 0.3 is 0 Å². The van der Waals surface area contributed by atoms with Crippen molar-refractivity contribution < 1.29 is 13.6 Å². The van der Waals surface area contributed by atoms with Crippen molar-refractivity contribution in [3.63, 3.8) is 0 Å². The molecule has 0 bridgehead atoms. The van der Waals surface area contributed by atoms with Crippen LogP contribution in [-0.4, -0.2) is 54.5 Å². The Balaban J connectivity index is 2.03. The van der Waals surface area contributed by atoms with Crippen LogP contribution in [0.15, 0.2) is 18.2 Å². The van der Waals surface area contributed by atoms with Crippen LogP contribution >= 0.6 is 0 Å². The Bertz CT molecular complexity index is 487. The number of amides is 1. The summed E-state index contributed by atoms with van der Waals surface area (Å²) in [6.07, 6.45) is 0. The molecule has 1 aliphatic heterocycles. The van der Waals surface area contributed by atoms with Crippen LogP contribution in [0.1, 0.15) is 17.3 Å². The zero-order chi connectivity index (χ0) is 14.7. The van der Waals surface area contributed by atoms with Crippen LogP contribution in [0.5, 0.6) is 0 Å². The third-order valence-electron chi connectivity index (χ3n) is 3.75. The fourth-order valence-corrected chi connectivity index (χ4v) is 2.35. The van der Waals surface area contributed by atoms with Gasteiger partial charge in [0, 0.05) is 38.8 Å². The molecule has 1 unspecified atom stereocenters. The average Bonchev–Trinajstić information content (AvgIpc) is 2.48. The molecule has 1 amide bonds. The summed E-state index contributed by atoms with van der Waals surface area (Å²) < 4.78 is 26.8. The zero-order valence-corrected chi connectivity index (χ0v) is 11.5. The maximum atomic E-state index is 13.6. The molecule has 1 atom stereocenters. The lowest BCUT2D eigenvalue weighted by Crippen LogP contribution is -2.52. The van der Waals surface area contributed by atoms with E-state index >= 15 is 0 Å². The van der Waals surface area contributed by atoms with Gasteiger partial charge < -0.3 is 10.6 Å². The number of piperazine rings is 1. The van der Waals surface area contributed by atoms with Gasteiger partial charge in [0.2, 0.25) is 0 Å². The first-order valence-electron chi connectivity index (χ1n) is 6.72. The lowest BCUT2D eigenvalue weighted by Gasteiger charge is -2.37. The summed E-state index contributed by atoms with van der Waals surface area (Å²) in [6, 6.07) is 3.93. The molecule has 1 aromatic carbocycles. The van der Waals surface area contributed by atoms with Crippen LogP contribution in [0.3, 0.4) is 0 Å². The van der Waals surface area contributed by atoms with Crippen LogP contribution in [0.25, 0.3) is 0 Å². The van der Waals surface area contributed by atoms with Crippen LogP contribution < -0.4 is 5.73 Å². The highest BCUT2D eigenvalue weighted by Crippen LogP contribution is 2.15. The third-order valence-corrected chi connectivity index (χ3v) is 3.75. The number of hydrogen-bond donors (Lipinski definition) is 1. The van der Waals surface area contributed by atoms with Gasteiger partial charge in [-0.25, -0.2) is 8.78 Å². The summed E-state index contributed by atoms with van der Waals surface area (Å²) in [5.74, 6) is -2.52. The van der Waals surface area contributed by atoms with Crippen molar-refractivity contribution in [2.75, 3.05) is 32.7 Å². The molecule has 0 radical (unpaired) electrons. The van der Waals surface area contributed by atoms with E-state index in [1.165, 1.54) is 12.1 Å². The number of benzene rings is 1. The Morgan fingerprint density at radius 1 is 1.30 bits per heavy atom. The molecule has 2 rings (SSSR count). The SMILES string of the molecule is CC(CN)N1CCN(C(=O)c2cccc(F)c2F)CC1. The highest BCUT2D eigenvalue weighted by Gasteiger charge is 2.26. The monoisotopic (exact) mass is 283 g/mol. The normalized spacial score (nSPS) is 18.1. The van der Waals surface area contributed by atoms with Crippen LogP contribution in [-0.2, 0) is 0 Å². The Kier molecular flexibility index (Phi) is 4.67. The molecule has 6 heteroatoms. The van der Waals surface area contributed by atoms with Crippen LogP contribution in [0, 0.1) is 11.6 Å². The fraction of sp³-hybridized carbons (Fsp3) is 0.500. The second kappa shape index (κ2) is 6.28. The standard InChI is InChI=1S/C14H19F2N3O/c1-10(9-17)18-5-7-19(8-6-18)14(20)11-3-2-4-12(15)13(11)16/h2-4,10H,5-9,17H2,1H3. The van der Waals surface area contributed by atoms with Gasteiger partial charge in [0.15, 0.2) is 11.6 Å². The minimum Gasteiger partial charge on any atom is -0.336 e. The lowest BCUT2D eigenvalue weighted by atomic mass is 10.1. The molecule has 1 heterocycles. The molecule has 2 N–H and O–H groups in total. The van der Waals surface area contributed by atoms with Crippen molar-refractivity contribution in [2.24, 2.45) is 5.73 Å². The van der Waals surface area contributed by atoms with Gasteiger partial charge in [0.25, 0.3) is 5.91 Å². The van der Waals surface area contributed by atoms with Crippen molar-refractivity contribution in [1.82, 2.24) is 9.80 Å². The summed E-state index contributed by atoms with van der Waals surface area (Å²) in [6.45, 7) is 4.98. The zero-order valence-electron chi connectivity index (χ0n) is 11.5. The fourth-order valence-electron chi connectivity index (χ4n) is 2.35. The molecular formula is C14H19F2N3O. The van der Waals surface area contributed by atoms with Crippen molar-refractivity contribution in [2.45, 2.75) is 13.0 Å². The summed E-state index contributed by atoms with van der Waals surface area (Å²) in [7, 11) is 0. The van der Waals surface area contributed by atoms with Gasteiger partial charge in [-0.15, -0.1) is 0 Å². The molecule has 0 aliphatic carbocycles. The molecule has 1 fully saturated rings. The molecule has 0 spiro atoms. The number of carbonyl (C=O) groups excluding carboxylic acids is 1.